The Bertz CT molecular complexity index is 4470. The standard InChI is InChI=1S/C65H39N5S/c1-7-21-55-45(14-1)46-15-2-8-22-56(46)68(55)42-28-30-43(31-29-42)69-59-25-11-5-18-49(59)50-36-40(27-33-60(50)69)41-37-54-64(67-39-41)63-52(20-13-35-66-63)65(54)51-19-6-12-26-61(51)71-62-34-32-44(38-53(62)65)70-57-23-9-3-16-47(57)48-17-4-10-24-58(48)70/h1-39H. The van der Waals surface area contributed by atoms with Gasteiger partial charge in [0.1, 0.15) is 0 Å². The molecule has 0 bridgehead atoms. The Kier molecular flexibility index (Phi) is 7.97. The van der Waals surface area contributed by atoms with Crippen molar-refractivity contribution >= 4 is 77.2 Å². The van der Waals surface area contributed by atoms with Gasteiger partial charge in [0.05, 0.1) is 49.9 Å². The smallest absolute Gasteiger partial charge is 0.0937 e. The van der Waals surface area contributed by atoms with Crippen molar-refractivity contribution in [2.45, 2.75) is 15.2 Å². The number of pyridine rings is 2. The number of hydrogen-bond acceptors (Lipinski definition) is 3. The maximum Gasteiger partial charge on any atom is 0.0937 e. The zero-order chi connectivity index (χ0) is 46.4. The molecular weight excluding hydrogens is 883 g/mol. The topological polar surface area (TPSA) is 40.6 Å². The first kappa shape index (κ1) is 38.9. The van der Waals surface area contributed by atoms with Crippen LogP contribution in [0.4, 0.5) is 0 Å². The highest BCUT2D eigenvalue weighted by molar-refractivity contribution is 7.99. The van der Waals surface area contributed by atoms with Crippen molar-refractivity contribution < 1.29 is 0 Å². The summed E-state index contributed by atoms with van der Waals surface area (Å²) < 4.78 is 7.22. The van der Waals surface area contributed by atoms with Gasteiger partial charge in [0.25, 0.3) is 0 Å². The Labute approximate surface area is 412 Å². The molecule has 6 heteroatoms. The SMILES string of the molecule is c1ccc2c(c1)Sc1ccc(-n3c4ccccc4c4ccccc43)cc1C21c2cccnc2-c2ncc(-c3ccc4c(c3)c3ccccc3n4-c3ccc(-n4c5ccccc5c5ccccc54)cc3)cc21. The average molecular weight is 922 g/mol. The average Bonchev–Trinajstić information content (AvgIpc) is 4.15. The summed E-state index contributed by atoms with van der Waals surface area (Å²) in [6.07, 6.45) is 3.97. The van der Waals surface area contributed by atoms with Crippen LogP contribution >= 0.6 is 11.8 Å². The summed E-state index contributed by atoms with van der Waals surface area (Å²) in [5, 5.41) is 7.43. The molecule has 1 aliphatic heterocycles. The Morgan fingerprint density at radius 3 is 1.38 bits per heavy atom. The van der Waals surface area contributed by atoms with Gasteiger partial charge in [-0.3, -0.25) is 9.97 Å². The molecule has 5 aromatic heterocycles. The number of para-hydroxylation sites is 5. The number of benzene rings is 9. The number of nitrogens with zero attached hydrogens (tertiary/aromatic N) is 5. The predicted molar refractivity (Wildman–Crippen MR) is 292 cm³/mol. The molecule has 1 atom stereocenters. The third kappa shape index (κ3) is 5.26. The van der Waals surface area contributed by atoms with E-state index in [2.05, 4.69) is 244 Å². The molecule has 1 aliphatic carbocycles. The lowest BCUT2D eigenvalue weighted by Gasteiger charge is -2.39. The second-order valence-electron chi connectivity index (χ2n) is 18.9. The molecule has 0 N–H and O–H groups in total. The van der Waals surface area contributed by atoms with E-state index in [9.17, 15) is 0 Å². The summed E-state index contributed by atoms with van der Waals surface area (Å²) in [5.41, 5.74) is 18.7. The van der Waals surface area contributed by atoms with Gasteiger partial charge in [-0.25, -0.2) is 0 Å². The number of fused-ring (bicyclic) bond motifs is 18. The lowest BCUT2D eigenvalue weighted by molar-refractivity contribution is 0.718. The van der Waals surface area contributed by atoms with Crippen LogP contribution in [0.5, 0.6) is 0 Å². The Balaban J connectivity index is 0.874. The molecule has 6 heterocycles. The molecule has 2 aliphatic rings. The van der Waals surface area contributed by atoms with Crippen molar-refractivity contribution in [3.05, 3.63) is 259 Å². The van der Waals surface area contributed by atoms with E-state index in [1.807, 2.05) is 18.0 Å². The van der Waals surface area contributed by atoms with Gasteiger partial charge in [-0.1, -0.05) is 133 Å². The number of aromatic nitrogens is 5. The van der Waals surface area contributed by atoms with Gasteiger partial charge in [0.2, 0.25) is 0 Å². The first-order valence-corrected chi connectivity index (χ1v) is 25.0. The third-order valence-corrected chi connectivity index (χ3v) is 16.5. The maximum absolute atomic E-state index is 5.41. The van der Waals surface area contributed by atoms with Crippen molar-refractivity contribution in [1.82, 2.24) is 23.7 Å². The zero-order valence-electron chi connectivity index (χ0n) is 38.2. The van der Waals surface area contributed by atoms with Crippen LogP contribution in [0.3, 0.4) is 0 Å². The molecule has 0 saturated heterocycles. The summed E-state index contributed by atoms with van der Waals surface area (Å²) in [5.74, 6) is 0. The van der Waals surface area contributed by atoms with Crippen molar-refractivity contribution in [2.75, 3.05) is 0 Å². The van der Waals surface area contributed by atoms with E-state index in [4.69, 9.17) is 9.97 Å². The molecule has 71 heavy (non-hydrogen) atoms. The van der Waals surface area contributed by atoms with Crippen LogP contribution < -0.4 is 0 Å². The van der Waals surface area contributed by atoms with E-state index in [-0.39, 0.29) is 0 Å². The summed E-state index contributed by atoms with van der Waals surface area (Å²) in [7, 11) is 0. The van der Waals surface area contributed by atoms with Crippen LogP contribution in [-0.2, 0) is 5.41 Å². The molecule has 9 aromatic carbocycles. The molecule has 330 valence electrons. The van der Waals surface area contributed by atoms with E-state index < -0.39 is 5.41 Å². The fourth-order valence-electron chi connectivity index (χ4n) is 12.5. The molecule has 0 fully saturated rings. The number of rotatable bonds is 4. The molecule has 14 aromatic rings. The van der Waals surface area contributed by atoms with Crippen molar-refractivity contribution in [1.29, 1.82) is 0 Å². The maximum atomic E-state index is 5.41. The van der Waals surface area contributed by atoms with Crippen LogP contribution in [0.25, 0.3) is 105 Å². The van der Waals surface area contributed by atoms with E-state index in [0.29, 0.717) is 0 Å². The van der Waals surface area contributed by atoms with Crippen LogP contribution in [0.1, 0.15) is 22.3 Å². The molecule has 0 saturated carbocycles. The van der Waals surface area contributed by atoms with Crippen molar-refractivity contribution in [3.8, 4) is 39.6 Å². The Hall–Kier alpha value is -8.97. The lowest BCUT2D eigenvalue weighted by Crippen LogP contribution is -2.32. The third-order valence-electron chi connectivity index (χ3n) is 15.4. The Morgan fingerprint density at radius 1 is 0.310 bits per heavy atom. The molecule has 1 spiro atoms. The van der Waals surface area contributed by atoms with Crippen LogP contribution in [0.2, 0.25) is 0 Å². The highest BCUT2D eigenvalue weighted by Gasteiger charge is 2.52. The summed E-state index contributed by atoms with van der Waals surface area (Å²) in [4.78, 5) is 13.0. The normalized spacial score (nSPS) is 14.8. The van der Waals surface area contributed by atoms with Gasteiger partial charge in [0, 0.05) is 82.7 Å². The van der Waals surface area contributed by atoms with E-state index >= 15 is 0 Å². The fourth-order valence-corrected chi connectivity index (χ4v) is 13.6. The first-order chi connectivity index (χ1) is 35.2. The molecule has 0 amide bonds. The second-order valence-corrected chi connectivity index (χ2v) is 20.0. The minimum Gasteiger partial charge on any atom is -0.309 e. The van der Waals surface area contributed by atoms with Gasteiger partial charge in [-0.15, -0.1) is 0 Å². The van der Waals surface area contributed by atoms with Crippen LogP contribution in [-0.4, -0.2) is 23.7 Å². The van der Waals surface area contributed by atoms with Gasteiger partial charge >= 0.3 is 0 Å². The summed E-state index contributed by atoms with van der Waals surface area (Å²) >= 11 is 1.86. The van der Waals surface area contributed by atoms with Crippen molar-refractivity contribution in [3.63, 3.8) is 0 Å². The van der Waals surface area contributed by atoms with Gasteiger partial charge in [0.15, 0.2) is 0 Å². The van der Waals surface area contributed by atoms with Gasteiger partial charge in [-0.05, 0) is 125 Å². The summed E-state index contributed by atoms with van der Waals surface area (Å²) in [6.45, 7) is 0. The van der Waals surface area contributed by atoms with E-state index in [1.54, 1.807) is 0 Å². The molecule has 1 unspecified atom stereocenters. The highest BCUT2D eigenvalue weighted by atomic mass is 32.2. The lowest BCUT2D eigenvalue weighted by atomic mass is 9.67. The van der Waals surface area contributed by atoms with Gasteiger partial charge < -0.3 is 13.7 Å². The summed E-state index contributed by atoms with van der Waals surface area (Å²) in [6, 6.07) is 82.5. The first-order valence-electron chi connectivity index (χ1n) is 24.2. The van der Waals surface area contributed by atoms with Crippen LogP contribution in [0, 0.1) is 0 Å². The highest BCUT2D eigenvalue weighted by Crippen LogP contribution is 2.62. The minimum absolute atomic E-state index is 0.667. The largest absolute Gasteiger partial charge is 0.309 e. The molecule has 5 nitrogen and oxygen atoms in total. The van der Waals surface area contributed by atoms with E-state index in [1.165, 1.54) is 80.8 Å². The Morgan fingerprint density at radius 2 is 0.775 bits per heavy atom. The predicted octanol–water partition coefficient (Wildman–Crippen LogP) is 16.3. The second kappa shape index (κ2) is 14.5. The molecular formula is C65H39N5S. The molecule has 16 rings (SSSR count). The zero-order valence-corrected chi connectivity index (χ0v) is 39.0. The quantitative estimate of drug-likeness (QED) is 0.177. The number of hydrogen-bond donors (Lipinski definition) is 0. The van der Waals surface area contributed by atoms with Crippen LogP contribution in [0.15, 0.2) is 247 Å². The van der Waals surface area contributed by atoms with Gasteiger partial charge in [-0.2, -0.15) is 0 Å². The fraction of sp³-hybridized carbons (Fsp3) is 0.0154. The minimum atomic E-state index is -0.667. The monoisotopic (exact) mass is 921 g/mol. The molecule has 0 radical (unpaired) electrons. The van der Waals surface area contributed by atoms with Crippen molar-refractivity contribution in [2.24, 2.45) is 0 Å². The van der Waals surface area contributed by atoms with E-state index in [0.717, 1.165) is 56.2 Å².